The van der Waals surface area contributed by atoms with Gasteiger partial charge in [0.2, 0.25) is 0 Å². The van der Waals surface area contributed by atoms with Gasteiger partial charge in [0.15, 0.2) is 0 Å². The Hall–Kier alpha value is -3.82. The summed E-state index contributed by atoms with van der Waals surface area (Å²) in [5.41, 5.74) is 4.49. The van der Waals surface area contributed by atoms with Crippen LogP contribution in [0.5, 0.6) is 0 Å². The minimum Gasteiger partial charge on any atom is -0.393 e. The van der Waals surface area contributed by atoms with E-state index in [1.807, 2.05) is 66.7 Å². The average Bonchev–Trinajstić information content (AvgIpc) is 2.81. The van der Waals surface area contributed by atoms with E-state index in [0.717, 1.165) is 43.0 Å². The lowest BCUT2D eigenvalue weighted by molar-refractivity contribution is 0.102. The summed E-state index contributed by atoms with van der Waals surface area (Å²) >= 11 is 0. The number of benzene rings is 3. The van der Waals surface area contributed by atoms with Gasteiger partial charge in [0.05, 0.1) is 17.4 Å². The van der Waals surface area contributed by atoms with Crippen LogP contribution < -0.4 is 15.5 Å². The fourth-order valence-corrected chi connectivity index (χ4v) is 3.63. The molecule has 0 saturated carbocycles. The molecule has 0 unspecified atom stereocenters. The third kappa shape index (κ3) is 5.03. The molecule has 1 aliphatic heterocycles. The maximum Gasteiger partial charge on any atom is 0.255 e. The van der Waals surface area contributed by atoms with Crippen molar-refractivity contribution < 1.29 is 9.90 Å². The molecule has 4 rings (SSSR count). The monoisotopic (exact) mass is 412 g/mol. The van der Waals surface area contributed by atoms with Crippen LogP contribution >= 0.6 is 0 Å². The summed E-state index contributed by atoms with van der Waals surface area (Å²) in [7, 11) is 0. The SMILES string of the molecule is N#Cc1ccccc1Nc1ccc(NC(=O)c2ccc(N3CCC(O)CC3)cc2)cc1. The van der Waals surface area contributed by atoms with Crippen LogP contribution in [0.15, 0.2) is 72.8 Å². The Balaban J connectivity index is 1.37. The Morgan fingerprint density at radius 3 is 2.26 bits per heavy atom. The quantitative estimate of drug-likeness (QED) is 0.574. The molecule has 31 heavy (non-hydrogen) atoms. The van der Waals surface area contributed by atoms with Crippen LogP contribution in [0, 0.1) is 11.3 Å². The van der Waals surface area contributed by atoms with E-state index in [1.54, 1.807) is 6.07 Å². The van der Waals surface area contributed by atoms with Gasteiger partial charge in [-0.25, -0.2) is 0 Å². The van der Waals surface area contributed by atoms with Crippen molar-refractivity contribution in [1.82, 2.24) is 0 Å². The molecular formula is C25H24N4O2. The van der Waals surface area contributed by atoms with Gasteiger partial charge >= 0.3 is 0 Å². The number of amides is 1. The number of nitrogens with zero attached hydrogens (tertiary/aromatic N) is 2. The van der Waals surface area contributed by atoms with E-state index >= 15 is 0 Å². The zero-order valence-electron chi connectivity index (χ0n) is 17.1. The van der Waals surface area contributed by atoms with Gasteiger partial charge in [-0.15, -0.1) is 0 Å². The van der Waals surface area contributed by atoms with E-state index in [9.17, 15) is 15.2 Å². The van der Waals surface area contributed by atoms with E-state index in [4.69, 9.17) is 0 Å². The zero-order valence-corrected chi connectivity index (χ0v) is 17.1. The number of aliphatic hydroxyl groups is 1. The summed E-state index contributed by atoms with van der Waals surface area (Å²) in [5, 5.41) is 25.0. The summed E-state index contributed by atoms with van der Waals surface area (Å²) in [6, 6.07) is 24.4. The van der Waals surface area contributed by atoms with Gasteiger partial charge in [0.25, 0.3) is 5.91 Å². The number of aliphatic hydroxyl groups excluding tert-OH is 1. The van der Waals surface area contributed by atoms with Crippen molar-refractivity contribution in [2.45, 2.75) is 18.9 Å². The summed E-state index contributed by atoms with van der Waals surface area (Å²) < 4.78 is 0. The number of piperidine rings is 1. The molecule has 0 aliphatic carbocycles. The van der Waals surface area contributed by atoms with Crippen LogP contribution in [0.3, 0.4) is 0 Å². The third-order valence-electron chi connectivity index (χ3n) is 5.43. The van der Waals surface area contributed by atoms with Gasteiger partial charge in [-0.2, -0.15) is 5.26 Å². The van der Waals surface area contributed by atoms with E-state index in [-0.39, 0.29) is 12.0 Å². The van der Waals surface area contributed by atoms with Crippen molar-refractivity contribution in [3.05, 3.63) is 83.9 Å². The van der Waals surface area contributed by atoms with Crippen molar-refractivity contribution >= 4 is 28.7 Å². The Bertz CT molecular complexity index is 1080. The highest BCUT2D eigenvalue weighted by Gasteiger charge is 2.17. The lowest BCUT2D eigenvalue weighted by atomic mass is 10.1. The van der Waals surface area contributed by atoms with Gasteiger partial charge in [-0.05, 0) is 73.5 Å². The van der Waals surface area contributed by atoms with Crippen LogP contribution in [0.4, 0.5) is 22.7 Å². The molecule has 3 aromatic rings. The molecule has 0 spiro atoms. The predicted octanol–water partition coefficient (Wildman–Crippen LogP) is 4.52. The van der Waals surface area contributed by atoms with Crippen molar-refractivity contribution in [2.75, 3.05) is 28.6 Å². The Kier molecular flexibility index (Phi) is 6.16. The highest BCUT2D eigenvalue weighted by atomic mass is 16.3. The average molecular weight is 412 g/mol. The predicted molar refractivity (Wildman–Crippen MR) is 123 cm³/mol. The molecule has 0 aromatic heterocycles. The fraction of sp³-hybridized carbons (Fsp3) is 0.200. The van der Waals surface area contributed by atoms with Crippen molar-refractivity contribution in [3.8, 4) is 6.07 Å². The van der Waals surface area contributed by atoms with Gasteiger partial charge in [0, 0.05) is 35.7 Å². The molecule has 1 heterocycles. The standard InChI is InChI=1S/C25H24N4O2/c26-17-19-3-1-2-4-24(19)27-20-7-9-21(10-8-20)28-25(31)18-5-11-22(12-6-18)29-15-13-23(30)14-16-29/h1-12,23,27,30H,13-16H2,(H,28,31). The van der Waals surface area contributed by atoms with Crippen molar-refractivity contribution in [1.29, 1.82) is 5.26 Å². The maximum atomic E-state index is 12.6. The molecule has 6 heteroatoms. The van der Waals surface area contributed by atoms with E-state index in [2.05, 4.69) is 21.6 Å². The Labute approximate surface area is 181 Å². The first-order valence-corrected chi connectivity index (χ1v) is 10.3. The number of hydrogen-bond donors (Lipinski definition) is 3. The van der Waals surface area contributed by atoms with Crippen molar-refractivity contribution in [3.63, 3.8) is 0 Å². The van der Waals surface area contributed by atoms with Crippen LogP contribution in [0.25, 0.3) is 0 Å². The number of carbonyl (C=O) groups is 1. The Morgan fingerprint density at radius 2 is 1.58 bits per heavy atom. The van der Waals surface area contributed by atoms with Gasteiger partial charge in [-0.1, -0.05) is 12.1 Å². The van der Waals surface area contributed by atoms with E-state index in [0.29, 0.717) is 16.8 Å². The highest BCUT2D eigenvalue weighted by molar-refractivity contribution is 6.04. The molecule has 156 valence electrons. The van der Waals surface area contributed by atoms with Gasteiger partial charge in [0.1, 0.15) is 6.07 Å². The number of para-hydroxylation sites is 1. The van der Waals surface area contributed by atoms with Gasteiger partial charge < -0.3 is 20.6 Å². The number of nitriles is 1. The first kappa shape index (κ1) is 20.5. The second-order valence-corrected chi connectivity index (χ2v) is 7.58. The summed E-state index contributed by atoms with van der Waals surface area (Å²) in [6.45, 7) is 1.65. The Morgan fingerprint density at radius 1 is 0.935 bits per heavy atom. The van der Waals surface area contributed by atoms with Crippen LogP contribution in [-0.4, -0.2) is 30.2 Å². The topological polar surface area (TPSA) is 88.4 Å². The molecule has 3 aromatic carbocycles. The molecule has 0 atom stereocenters. The van der Waals surface area contributed by atoms with Gasteiger partial charge in [-0.3, -0.25) is 4.79 Å². The molecule has 1 saturated heterocycles. The first-order valence-electron chi connectivity index (χ1n) is 10.3. The second-order valence-electron chi connectivity index (χ2n) is 7.58. The lowest BCUT2D eigenvalue weighted by Gasteiger charge is -2.31. The molecule has 0 bridgehead atoms. The smallest absolute Gasteiger partial charge is 0.255 e. The summed E-state index contributed by atoms with van der Waals surface area (Å²) in [6.07, 6.45) is 1.34. The molecule has 3 N–H and O–H groups in total. The van der Waals surface area contributed by atoms with E-state index < -0.39 is 0 Å². The minimum absolute atomic E-state index is 0.170. The highest BCUT2D eigenvalue weighted by Crippen LogP contribution is 2.23. The number of hydrogen-bond acceptors (Lipinski definition) is 5. The molecule has 0 radical (unpaired) electrons. The summed E-state index contributed by atoms with van der Waals surface area (Å²) in [4.78, 5) is 14.8. The molecule has 1 fully saturated rings. The fourth-order valence-electron chi connectivity index (χ4n) is 3.63. The zero-order chi connectivity index (χ0) is 21.6. The first-order chi connectivity index (χ1) is 15.1. The van der Waals surface area contributed by atoms with Crippen LogP contribution in [-0.2, 0) is 0 Å². The third-order valence-corrected chi connectivity index (χ3v) is 5.43. The van der Waals surface area contributed by atoms with Crippen molar-refractivity contribution in [2.24, 2.45) is 0 Å². The molecule has 1 aliphatic rings. The number of anilines is 4. The largest absolute Gasteiger partial charge is 0.393 e. The number of rotatable bonds is 5. The molecular weight excluding hydrogens is 388 g/mol. The number of carbonyl (C=O) groups excluding carboxylic acids is 1. The van der Waals surface area contributed by atoms with E-state index in [1.165, 1.54) is 0 Å². The maximum absolute atomic E-state index is 12.6. The second kappa shape index (κ2) is 9.33. The lowest BCUT2D eigenvalue weighted by Crippen LogP contribution is -2.35. The normalized spacial score (nSPS) is 14.0. The number of nitrogens with one attached hydrogen (secondary N) is 2. The molecule has 1 amide bonds. The minimum atomic E-state index is -0.205. The molecule has 6 nitrogen and oxygen atoms in total. The van der Waals surface area contributed by atoms with Crippen LogP contribution in [0.2, 0.25) is 0 Å². The summed E-state index contributed by atoms with van der Waals surface area (Å²) in [5.74, 6) is -0.170. The van der Waals surface area contributed by atoms with Crippen LogP contribution in [0.1, 0.15) is 28.8 Å².